The Morgan fingerprint density at radius 1 is 1.14 bits per heavy atom. The lowest BCUT2D eigenvalue weighted by Crippen LogP contribution is -2.50. The number of rotatable bonds is 8. The second kappa shape index (κ2) is 12.0. The summed E-state index contributed by atoms with van der Waals surface area (Å²) in [4.78, 5) is 23.5. The van der Waals surface area contributed by atoms with Crippen molar-refractivity contribution in [3.8, 4) is 17.2 Å². The second-order valence-corrected chi connectivity index (χ2v) is 10.6. The van der Waals surface area contributed by atoms with E-state index in [1.807, 2.05) is 34.7 Å². The SMILES string of the molecule is COc1ccc(COc2cc(C(O)C3OCCN(c4ccn(-c5ccncc5)n4)C3=O)nc3ccc(I)c(F)c23)cc1. The molecule has 0 bridgehead atoms. The Balaban J connectivity index is 1.28. The van der Waals surface area contributed by atoms with Crippen LogP contribution >= 0.6 is 22.6 Å². The fourth-order valence-corrected chi connectivity index (χ4v) is 5.16. The van der Waals surface area contributed by atoms with Gasteiger partial charge in [0.2, 0.25) is 0 Å². The molecule has 12 heteroatoms. The predicted octanol–water partition coefficient (Wildman–Crippen LogP) is 4.61. The van der Waals surface area contributed by atoms with Crippen LogP contribution in [0.4, 0.5) is 10.2 Å². The molecule has 5 aromatic rings. The molecule has 4 heterocycles. The summed E-state index contributed by atoms with van der Waals surface area (Å²) in [5.41, 5.74) is 2.03. The summed E-state index contributed by atoms with van der Waals surface area (Å²) in [7, 11) is 1.58. The third-order valence-electron chi connectivity index (χ3n) is 6.89. The molecule has 0 aliphatic carbocycles. The second-order valence-electron chi connectivity index (χ2n) is 9.49. The van der Waals surface area contributed by atoms with Gasteiger partial charge >= 0.3 is 0 Å². The number of anilines is 1. The van der Waals surface area contributed by atoms with Crippen molar-refractivity contribution >= 4 is 45.2 Å². The summed E-state index contributed by atoms with van der Waals surface area (Å²) >= 11 is 1.91. The van der Waals surface area contributed by atoms with Crippen LogP contribution in [-0.4, -0.2) is 57.1 Å². The van der Waals surface area contributed by atoms with Crippen LogP contribution in [0.5, 0.6) is 11.5 Å². The molecule has 1 aliphatic heterocycles. The number of methoxy groups -OCH3 is 1. The molecule has 1 N–H and O–H groups in total. The number of carbonyl (C=O) groups is 1. The van der Waals surface area contributed by atoms with Gasteiger partial charge in [0, 0.05) is 34.3 Å². The Hall–Kier alpha value is -4.14. The highest BCUT2D eigenvalue weighted by Crippen LogP contribution is 2.35. The van der Waals surface area contributed by atoms with E-state index in [1.165, 1.54) is 11.0 Å². The molecule has 2 aromatic carbocycles. The highest BCUT2D eigenvalue weighted by atomic mass is 127. The topological polar surface area (TPSA) is 112 Å². The van der Waals surface area contributed by atoms with Crippen LogP contribution in [0.3, 0.4) is 0 Å². The average Bonchev–Trinajstić information content (AvgIpc) is 3.52. The van der Waals surface area contributed by atoms with Crippen molar-refractivity contribution in [2.24, 2.45) is 0 Å². The number of morpholine rings is 1. The molecule has 1 saturated heterocycles. The molecule has 2 unspecified atom stereocenters. The number of ether oxygens (including phenoxy) is 3. The first kappa shape index (κ1) is 28.0. The zero-order valence-corrected chi connectivity index (χ0v) is 24.5. The van der Waals surface area contributed by atoms with Crippen LogP contribution in [0.2, 0.25) is 0 Å². The van der Waals surface area contributed by atoms with Gasteiger partial charge < -0.3 is 19.3 Å². The Kier molecular flexibility index (Phi) is 8.00. The molecule has 1 aliphatic rings. The van der Waals surface area contributed by atoms with Gasteiger partial charge in [-0.05, 0) is 64.6 Å². The van der Waals surface area contributed by atoms with Crippen LogP contribution in [0.1, 0.15) is 17.4 Å². The minimum atomic E-state index is -1.45. The lowest BCUT2D eigenvalue weighted by Gasteiger charge is -2.33. The quantitative estimate of drug-likeness (QED) is 0.237. The number of benzene rings is 2. The van der Waals surface area contributed by atoms with Crippen LogP contribution < -0.4 is 14.4 Å². The number of halogens is 2. The lowest BCUT2D eigenvalue weighted by molar-refractivity contribution is -0.143. The Labute approximate surface area is 253 Å². The van der Waals surface area contributed by atoms with E-state index in [2.05, 4.69) is 15.1 Å². The smallest absolute Gasteiger partial charge is 0.260 e. The van der Waals surface area contributed by atoms with Crippen LogP contribution in [-0.2, 0) is 16.1 Å². The lowest BCUT2D eigenvalue weighted by atomic mass is 10.0. The molecule has 2 atom stereocenters. The van der Waals surface area contributed by atoms with E-state index in [0.29, 0.717) is 15.1 Å². The van der Waals surface area contributed by atoms with Gasteiger partial charge in [-0.25, -0.2) is 14.1 Å². The predicted molar refractivity (Wildman–Crippen MR) is 160 cm³/mol. The first-order chi connectivity index (χ1) is 20.4. The van der Waals surface area contributed by atoms with Crippen LogP contribution in [0.15, 0.2) is 79.3 Å². The van der Waals surface area contributed by atoms with E-state index in [-0.39, 0.29) is 42.1 Å². The zero-order chi connectivity index (χ0) is 29.2. The van der Waals surface area contributed by atoms with Crippen molar-refractivity contribution in [2.45, 2.75) is 18.8 Å². The number of nitrogens with zero attached hydrogens (tertiary/aromatic N) is 5. The normalized spacial score (nSPS) is 16.0. The molecule has 42 heavy (non-hydrogen) atoms. The van der Waals surface area contributed by atoms with E-state index in [9.17, 15) is 9.90 Å². The fourth-order valence-electron chi connectivity index (χ4n) is 4.71. The van der Waals surface area contributed by atoms with Gasteiger partial charge in [-0.2, -0.15) is 0 Å². The van der Waals surface area contributed by atoms with Crippen molar-refractivity contribution in [3.63, 3.8) is 0 Å². The van der Waals surface area contributed by atoms with Gasteiger partial charge in [0.1, 0.15) is 30.0 Å². The van der Waals surface area contributed by atoms with Crippen LogP contribution in [0.25, 0.3) is 16.6 Å². The van der Waals surface area contributed by atoms with Gasteiger partial charge in [0.05, 0.1) is 42.5 Å². The van der Waals surface area contributed by atoms with Gasteiger partial charge in [-0.1, -0.05) is 12.1 Å². The molecule has 0 radical (unpaired) electrons. The molecule has 6 rings (SSSR count). The largest absolute Gasteiger partial charge is 0.497 e. The Bertz CT molecular complexity index is 1730. The number of amides is 1. The van der Waals surface area contributed by atoms with E-state index in [4.69, 9.17) is 14.2 Å². The monoisotopic (exact) mass is 681 g/mol. The molecule has 10 nitrogen and oxygen atoms in total. The van der Waals surface area contributed by atoms with E-state index < -0.39 is 23.9 Å². The van der Waals surface area contributed by atoms with Crippen molar-refractivity contribution in [1.82, 2.24) is 19.7 Å². The van der Waals surface area contributed by atoms with Gasteiger partial charge in [0.15, 0.2) is 11.9 Å². The number of aliphatic hydroxyl groups excluding tert-OH is 1. The maximum atomic E-state index is 15.3. The first-order valence-electron chi connectivity index (χ1n) is 13.0. The molecule has 1 fully saturated rings. The summed E-state index contributed by atoms with van der Waals surface area (Å²) in [6.45, 7) is 0.577. The number of hydrogen-bond acceptors (Lipinski definition) is 8. The maximum Gasteiger partial charge on any atom is 0.260 e. The maximum absolute atomic E-state index is 15.3. The minimum absolute atomic E-state index is 0.121. The number of aliphatic hydroxyl groups is 1. The number of fused-ring (bicyclic) bond motifs is 1. The molecule has 1 amide bonds. The Morgan fingerprint density at radius 3 is 2.69 bits per heavy atom. The summed E-state index contributed by atoms with van der Waals surface area (Å²) in [5, 5.41) is 16.1. The van der Waals surface area contributed by atoms with Gasteiger partial charge in [0.25, 0.3) is 5.91 Å². The summed E-state index contributed by atoms with van der Waals surface area (Å²) < 4.78 is 34.3. The summed E-state index contributed by atoms with van der Waals surface area (Å²) in [6, 6.07) is 17.3. The highest BCUT2D eigenvalue weighted by Gasteiger charge is 2.38. The molecule has 0 spiro atoms. The van der Waals surface area contributed by atoms with E-state index >= 15 is 4.39 Å². The van der Waals surface area contributed by atoms with Gasteiger partial charge in [-0.15, -0.1) is 5.10 Å². The standard InChI is InChI=1S/C30H25FIN5O5/c1-40-20-4-2-18(3-5-20)17-42-24-16-23(34-22-7-6-21(32)27(31)26(22)24)28(38)29-30(39)36(14-15-41-29)25-10-13-37(35-25)19-8-11-33-12-9-19/h2-13,16,28-29,38H,14-15,17H2,1H3. The van der Waals surface area contributed by atoms with Crippen molar-refractivity contribution in [1.29, 1.82) is 0 Å². The average molecular weight is 681 g/mol. The number of hydrogen-bond donors (Lipinski definition) is 1. The third-order valence-corrected chi connectivity index (χ3v) is 7.72. The summed E-state index contributed by atoms with van der Waals surface area (Å²) in [6.07, 6.45) is 2.35. The van der Waals surface area contributed by atoms with Crippen molar-refractivity contribution < 1.29 is 28.5 Å². The molecule has 214 valence electrons. The van der Waals surface area contributed by atoms with Crippen molar-refractivity contribution in [2.75, 3.05) is 25.2 Å². The molecular formula is C30H25FIN5O5. The highest BCUT2D eigenvalue weighted by molar-refractivity contribution is 14.1. The van der Waals surface area contributed by atoms with E-state index in [1.54, 1.807) is 72.8 Å². The fraction of sp³-hybridized carbons (Fsp3) is 0.200. The first-order valence-corrected chi connectivity index (χ1v) is 14.1. The third kappa shape index (κ3) is 5.52. The zero-order valence-electron chi connectivity index (χ0n) is 22.4. The minimum Gasteiger partial charge on any atom is -0.497 e. The van der Waals surface area contributed by atoms with Crippen molar-refractivity contribution in [3.05, 3.63) is 99.9 Å². The Morgan fingerprint density at radius 2 is 1.93 bits per heavy atom. The number of carbonyl (C=O) groups excluding carboxylic acids is 1. The van der Waals surface area contributed by atoms with E-state index in [0.717, 1.165) is 11.3 Å². The van der Waals surface area contributed by atoms with Gasteiger partial charge in [-0.3, -0.25) is 14.7 Å². The number of aromatic nitrogens is 4. The molecule has 3 aromatic heterocycles. The molecular weight excluding hydrogens is 656 g/mol. The number of pyridine rings is 2. The molecule has 0 saturated carbocycles. The van der Waals surface area contributed by atoms with Crippen LogP contribution in [0, 0.1) is 9.39 Å². The summed E-state index contributed by atoms with van der Waals surface area (Å²) in [5.74, 6) is 0.368.